The molecule has 0 atom stereocenters. The lowest BCUT2D eigenvalue weighted by molar-refractivity contribution is 0.160. The van der Waals surface area contributed by atoms with E-state index in [9.17, 15) is 0 Å². The van der Waals surface area contributed by atoms with Crippen molar-refractivity contribution in [2.75, 3.05) is 31.0 Å². The molecule has 2 heterocycles. The van der Waals surface area contributed by atoms with Crippen molar-refractivity contribution in [3.8, 4) is 0 Å². The summed E-state index contributed by atoms with van der Waals surface area (Å²) in [5, 5.41) is 7.42. The predicted octanol–water partition coefficient (Wildman–Crippen LogP) is 1.71. The van der Waals surface area contributed by atoms with Gasteiger partial charge >= 0.3 is 0 Å². The van der Waals surface area contributed by atoms with Crippen LogP contribution in [0.25, 0.3) is 5.65 Å². The highest BCUT2D eigenvalue weighted by atomic mass is 35.5. The largest absolute Gasteiger partial charge is 0.378 e. The van der Waals surface area contributed by atoms with Crippen LogP contribution in [0.1, 0.15) is 5.56 Å². The summed E-state index contributed by atoms with van der Waals surface area (Å²) in [4.78, 5) is 4.16. The predicted molar refractivity (Wildman–Crippen MR) is 67.8 cm³/mol. The Kier molecular flexibility index (Phi) is 4.17. The molecule has 0 aliphatic carbocycles. The minimum Gasteiger partial charge on any atom is -0.378 e. The summed E-state index contributed by atoms with van der Waals surface area (Å²) in [6.07, 6.45) is 1.55. The monoisotopic (exact) mass is 254 g/mol. The lowest BCUT2D eigenvalue weighted by Gasteiger charge is -2.09. The molecule has 2 rings (SSSR count). The van der Waals surface area contributed by atoms with Gasteiger partial charge in [-0.25, -0.2) is 4.98 Å². The van der Waals surface area contributed by atoms with Gasteiger partial charge in [-0.3, -0.25) is 0 Å². The van der Waals surface area contributed by atoms with E-state index in [4.69, 9.17) is 16.3 Å². The van der Waals surface area contributed by atoms with Gasteiger partial charge in [-0.05, 0) is 24.6 Å². The summed E-state index contributed by atoms with van der Waals surface area (Å²) >= 11 is 5.51. The Labute approximate surface area is 105 Å². The number of halogens is 1. The summed E-state index contributed by atoms with van der Waals surface area (Å²) in [5.74, 6) is 1.45. The van der Waals surface area contributed by atoms with Crippen LogP contribution in [-0.4, -0.2) is 40.2 Å². The molecule has 5 nitrogen and oxygen atoms in total. The summed E-state index contributed by atoms with van der Waals surface area (Å²) in [6, 6.07) is 4.02. The van der Waals surface area contributed by atoms with E-state index in [-0.39, 0.29) is 0 Å². The van der Waals surface area contributed by atoms with Gasteiger partial charge in [-0.1, -0.05) is 0 Å². The van der Waals surface area contributed by atoms with Crippen molar-refractivity contribution >= 4 is 23.1 Å². The second-order valence-electron chi connectivity index (χ2n) is 3.68. The first-order valence-corrected chi connectivity index (χ1v) is 6.02. The van der Waals surface area contributed by atoms with E-state index in [1.807, 2.05) is 19.1 Å². The maximum Gasteiger partial charge on any atom is 0.157 e. The number of alkyl halides is 1. The van der Waals surface area contributed by atoms with E-state index >= 15 is 0 Å². The maximum absolute atomic E-state index is 5.51. The smallest absolute Gasteiger partial charge is 0.157 e. The summed E-state index contributed by atoms with van der Waals surface area (Å²) in [6.45, 7) is 3.95. The van der Waals surface area contributed by atoms with Crippen molar-refractivity contribution in [3.63, 3.8) is 0 Å². The Morgan fingerprint density at radius 1 is 1.41 bits per heavy atom. The third-order valence-electron chi connectivity index (χ3n) is 2.30. The van der Waals surface area contributed by atoms with Gasteiger partial charge in [0.2, 0.25) is 0 Å². The fourth-order valence-corrected chi connectivity index (χ4v) is 1.70. The third-order valence-corrected chi connectivity index (χ3v) is 2.45. The Morgan fingerprint density at radius 2 is 2.29 bits per heavy atom. The lowest BCUT2D eigenvalue weighted by Crippen LogP contribution is -2.13. The molecule has 0 unspecified atom stereocenters. The first-order valence-electron chi connectivity index (χ1n) is 5.49. The zero-order chi connectivity index (χ0) is 12.1. The van der Waals surface area contributed by atoms with Crippen LogP contribution in [0.5, 0.6) is 0 Å². The lowest BCUT2D eigenvalue weighted by atomic mass is 10.3. The average Bonchev–Trinajstić information content (AvgIpc) is 2.76. The Balaban J connectivity index is 2.00. The number of aryl methyl sites for hydroxylation is 1. The maximum atomic E-state index is 5.51. The standard InChI is InChI=1S/C11H15ClN4O/c1-9-6-10(13-3-5-17-4-2-12)16-11(7-9)14-8-15-16/h6-8,13H,2-5H2,1H3. The number of aromatic nitrogens is 3. The SMILES string of the molecule is Cc1cc(NCCOCCCl)n2ncnc2c1. The van der Waals surface area contributed by atoms with Crippen molar-refractivity contribution in [2.45, 2.75) is 6.92 Å². The van der Waals surface area contributed by atoms with Gasteiger partial charge in [0.15, 0.2) is 5.65 Å². The van der Waals surface area contributed by atoms with Crippen LogP contribution in [0.3, 0.4) is 0 Å². The van der Waals surface area contributed by atoms with Gasteiger partial charge in [0, 0.05) is 12.4 Å². The number of hydrogen-bond acceptors (Lipinski definition) is 4. The summed E-state index contributed by atoms with van der Waals surface area (Å²) in [5.41, 5.74) is 1.99. The molecule has 0 bridgehead atoms. The first-order chi connectivity index (χ1) is 8.31. The van der Waals surface area contributed by atoms with E-state index in [0.29, 0.717) is 19.1 Å². The van der Waals surface area contributed by atoms with E-state index in [1.165, 1.54) is 0 Å². The van der Waals surface area contributed by atoms with Crippen molar-refractivity contribution < 1.29 is 4.74 Å². The van der Waals surface area contributed by atoms with Gasteiger partial charge in [0.25, 0.3) is 0 Å². The number of anilines is 1. The van der Waals surface area contributed by atoms with Crippen LogP contribution in [0, 0.1) is 6.92 Å². The van der Waals surface area contributed by atoms with E-state index in [2.05, 4.69) is 15.4 Å². The zero-order valence-electron chi connectivity index (χ0n) is 9.69. The van der Waals surface area contributed by atoms with E-state index in [1.54, 1.807) is 10.8 Å². The number of nitrogens with zero attached hydrogens (tertiary/aromatic N) is 3. The topological polar surface area (TPSA) is 51.5 Å². The molecular formula is C11H15ClN4O. The number of nitrogens with one attached hydrogen (secondary N) is 1. The van der Waals surface area contributed by atoms with E-state index in [0.717, 1.165) is 23.6 Å². The quantitative estimate of drug-likeness (QED) is 0.630. The summed E-state index contributed by atoms with van der Waals surface area (Å²) < 4.78 is 7.06. The number of hydrogen-bond donors (Lipinski definition) is 1. The highest BCUT2D eigenvalue weighted by Crippen LogP contribution is 2.12. The normalized spacial score (nSPS) is 10.9. The Morgan fingerprint density at radius 3 is 3.12 bits per heavy atom. The molecule has 0 fully saturated rings. The van der Waals surface area contributed by atoms with E-state index < -0.39 is 0 Å². The second kappa shape index (κ2) is 5.84. The van der Waals surface area contributed by atoms with Crippen molar-refractivity contribution in [2.24, 2.45) is 0 Å². The highest BCUT2D eigenvalue weighted by Gasteiger charge is 2.02. The average molecular weight is 255 g/mol. The van der Waals surface area contributed by atoms with Crippen LogP contribution in [0.2, 0.25) is 0 Å². The second-order valence-corrected chi connectivity index (χ2v) is 4.05. The minimum atomic E-state index is 0.526. The molecule has 0 aliphatic heterocycles. The van der Waals surface area contributed by atoms with Gasteiger partial charge in [-0.2, -0.15) is 9.61 Å². The molecule has 0 amide bonds. The van der Waals surface area contributed by atoms with Crippen LogP contribution in [0.4, 0.5) is 5.82 Å². The Hall–Kier alpha value is -1.33. The van der Waals surface area contributed by atoms with Crippen LogP contribution >= 0.6 is 11.6 Å². The zero-order valence-corrected chi connectivity index (χ0v) is 10.4. The Bertz CT molecular complexity index is 485. The minimum absolute atomic E-state index is 0.526. The van der Waals surface area contributed by atoms with Crippen LogP contribution in [-0.2, 0) is 4.74 Å². The van der Waals surface area contributed by atoms with Crippen LogP contribution < -0.4 is 5.32 Å². The first kappa shape index (κ1) is 12.1. The molecule has 2 aromatic heterocycles. The third kappa shape index (κ3) is 3.08. The molecular weight excluding hydrogens is 240 g/mol. The molecule has 0 saturated carbocycles. The highest BCUT2D eigenvalue weighted by molar-refractivity contribution is 6.17. The number of ether oxygens (including phenoxy) is 1. The molecule has 92 valence electrons. The van der Waals surface area contributed by atoms with Crippen molar-refractivity contribution in [1.82, 2.24) is 14.6 Å². The fraction of sp³-hybridized carbons (Fsp3) is 0.455. The molecule has 0 saturated heterocycles. The van der Waals surface area contributed by atoms with Crippen molar-refractivity contribution in [1.29, 1.82) is 0 Å². The number of rotatable bonds is 6. The fourth-order valence-electron chi connectivity index (χ4n) is 1.59. The van der Waals surface area contributed by atoms with Gasteiger partial charge in [0.1, 0.15) is 12.1 Å². The van der Waals surface area contributed by atoms with Crippen LogP contribution in [0.15, 0.2) is 18.5 Å². The molecule has 0 spiro atoms. The van der Waals surface area contributed by atoms with Gasteiger partial charge < -0.3 is 10.1 Å². The van der Waals surface area contributed by atoms with Gasteiger partial charge in [-0.15, -0.1) is 11.6 Å². The molecule has 17 heavy (non-hydrogen) atoms. The summed E-state index contributed by atoms with van der Waals surface area (Å²) in [7, 11) is 0. The molecule has 6 heteroatoms. The molecule has 2 aromatic rings. The molecule has 1 N–H and O–H groups in total. The number of pyridine rings is 1. The van der Waals surface area contributed by atoms with Gasteiger partial charge in [0.05, 0.1) is 13.2 Å². The molecule has 0 aromatic carbocycles. The molecule has 0 radical (unpaired) electrons. The molecule has 0 aliphatic rings. The number of fused-ring (bicyclic) bond motifs is 1. The van der Waals surface area contributed by atoms with Crippen molar-refractivity contribution in [3.05, 3.63) is 24.0 Å².